The Morgan fingerprint density at radius 3 is 3.00 bits per heavy atom. The molecule has 0 aliphatic heterocycles. The van der Waals surface area contributed by atoms with E-state index in [0.29, 0.717) is 0 Å². The van der Waals surface area contributed by atoms with E-state index in [4.69, 9.17) is 11.6 Å². The first-order chi connectivity index (χ1) is 10.3. The van der Waals surface area contributed by atoms with Crippen LogP contribution in [0.15, 0.2) is 43.2 Å². The number of imidazole rings is 2. The van der Waals surface area contributed by atoms with Crippen LogP contribution in [0.1, 0.15) is 18.5 Å². The van der Waals surface area contributed by atoms with Gasteiger partial charge in [-0.3, -0.25) is 0 Å². The van der Waals surface area contributed by atoms with Crippen LogP contribution in [0.3, 0.4) is 0 Å². The lowest BCUT2D eigenvalue weighted by atomic mass is 10.3. The highest BCUT2D eigenvalue weighted by molar-refractivity contribution is 6.30. The highest BCUT2D eigenvalue weighted by Crippen LogP contribution is 2.11. The zero-order chi connectivity index (χ0) is 14.5. The summed E-state index contributed by atoms with van der Waals surface area (Å²) in [7, 11) is 0. The van der Waals surface area contributed by atoms with Crippen LogP contribution in [0.2, 0.25) is 5.02 Å². The second kappa shape index (κ2) is 6.74. The summed E-state index contributed by atoms with van der Waals surface area (Å²) >= 11 is 5.96. The molecule has 0 saturated carbocycles. The Labute approximate surface area is 128 Å². The van der Waals surface area contributed by atoms with Gasteiger partial charge in [-0.1, -0.05) is 11.6 Å². The maximum absolute atomic E-state index is 5.96. The average molecular weight is 304 g/mol. The molecule has 0 aliphatic carbocycles. The van der Waals surface area contributed by atoms with E-state index >= 15 is 0 Å². The number of nitrogens with zero attached hydrogens (tertiary/aromatic N) is 4. The van der Waals surface area contributed by atoms with Gasteiger partial charge in [-0.05, 0) is 31.5 Å². The van der Waals surface area contributed by atoms with E-state index in [1.54, 1.807) is 0 Å². The van der Waals surface area contributed by atoms with Crippen molar-refractivity contribution >= 4 is 17.2 Å². The summed E-state index contributed by atoms with van der Waals surface area (Å²) in [6.07, 6.45) is 11.8. The molecule has 0 aromatic carbocycles. The van der Waals surface area contributed by atoms with Gasteiger partial charge in [-0.15, -0.1) is 0 Å². The second-order valence-corrected chi connectivity index (χ2v) is 5.47. The highest BCUT2D eigenvalue weighted by atomic mass is 35.5. The van der Waals surface area contributed by atoms with E-state index < -0.39 is 0 Å². The number of aryl methyl sites for hydroxylation is 1. The van der Waals surface area contributed by atoms with Gasteiger partial charge in [-0.2, -0.15) is 0 Å². The molecule has 0 bridgehead atoms. The molecule has 0 saturated heterocycles. The molecule has 0 atom stereocenters. The first-order valence-electron chi connectivity index (χ1n) is 7.11. The van der Waals surface area contributed by atoms with Crippen molar-refractivity contribution in [2.75, 3.05) is 6.54 Å². The van der Waals surface area contributed by atoms with Crippen LogP contribution in [0.5, 0.6) is 0 Å². The van der Waals surface area contributed by atoms with Gasteiger partial charge >= 0.3 is 0 Å². The predicted molar refractivity (Wildman–Crippen MR) is 83.4 cm³/mol. The van der Waals surface area contributed by atoms with Gasteiger partial charge in [0.25, 0.3) is 0 Å². The SMILES string of the molecule is Clc1ccc2nc(CNCCCCn3ccnc3)cn2c1. The highest BCUT2D eigenvalue weighted by Gasteiger charge is 2.01. The topological polar surface area (TPSA) is 47.2 Å². The fourth-order valence-electron chi connectivity index (χ4n) is 2.28. The van der Waals surface area contributed by atoms with Crippen LogP contribution in [-0.4, -0.2) is 25.5 Å². The van der Waals surface area contributed by atoms with Crippen LogP contribution < -0.4 is 5.32 Å². The molecule has 21 heavy (non-hydrogen) atoms. The quantitative estimate of drug-likeness (QED) is 0.683. The Hall–Kier alpha value is -1.85. The molecule has 0 amide bonds. The fraction of sp³-hybridized carbons (Fsp3) is 0.333. The molecule has 6 heteroatoms. The number of unbranched alkanes of at least 4 members (excludes halogenated alkanes) is 1. The van der Waals surface area contributed by atoms with E-state index in [2.05, 4.69) is 19.9 Å². The van der Waals surface area contributed by atoms with Gasteiger partial charge in [0.15, 0.2) is 0 Å². The molecular weight excluding hydrogens is 286 g/mol. The molecule has 110 valence electrons. The van der Waals surface area contributed by atoms with Gasteiger partial charge in [0.1, 0.15) is 5.65 Å². The number of nitrogens with one attached hydrogen (secondary N) is 1. The Morgan fingerprint density at radius 2 is 2.14 bits per heavy atom. The van der Waals surface area contributed by atoms with E-state index in [-0.39, 0.29) is 0 Å². The molecule has 0 unspecified atom stereocenters. The average Bonchev–Trinajstić information content (AvgIpc) is 3.11. The summed E-state index contributed by atoms with van der Waals surface area (Å²) in [6.45, 7) is 2.79. The molecule has 5 nitrogen and oxygen atoms in total. The van der Waals surface area contributed by atoms with Gasteiger partial charge in [-0.25, -0.2) is 9.97 Å². The molecule has 3 aromatic heterocycles. The summed E-state index contributed by atoms with van der Waals surface area (Å²) in [5.41, 5.74) is 1.96. The van der Waals surface area contributed by atoms with Crippen molar-refractivity contribution in [1.29, 1.82) is 0 Å². The lowest BCUT2D eigenvalue weighted by Crippen LogP contribution is -2.15. The second-order valence-electron chi connectivity index (χ2n) is 5.03. The largest absolute Gasteiger partial charge is 0.337 e. The lowest BCUT2D eigenvalue weighted by molar-refractivity contribution is 0.566. The van der Waals surface area contributed by atoms with Gasteiger partial charge in [0.2, 0.25) is 0 Å². The summed E-state index contributed by atoms with van der Waals surface area (Å²) in [6, 6.07) is 3.79. The summed E-state index contributed by atoms with van der Waals surface area (Å²) < 4.78 is 4.06. The van der Waals surface area contributed by atoms with Crippen LogP contribution in [0.4, 0.5) is 0 Å². The molecular formula is C15H18ClN5. The molecule has 3 heterocycles. The number of aromatic nitrogens is 4. The normalized spacial score (nSPS) is 11.3. The Kier molecular flexibility index (Phi) is 4.52. The van der Waals surface area contributed by atoms with Crippen LogP contribution in [0, 0.1) is 0 Å². The minimum atomic E-state index is 0.721. The summed E-state index contributed by atoms with van der Waals surface area (Å²) in [4.78, 5) is 8.57. The van der Waals surface area contributed by atoms with Crippen molar-refractivity contribution in [1.82, 2.24) is 24.3 Å². The van der Waals surface area contributed by atoms with Crippen molar-refractivity contribution < 1.29 is 0 Å². The first-order valence-corrected chi connectivity index (χ1v) is 7.49. The van der Waals surface area contributed by atoms with E-state index in [1.807, 2.05) is 47.6 Å². The maximum Gasteiger partial charge on any atom is 0.137 e. The third-order valence-electron chi connectivity index (χ3n) is 3.35. The minimum absolute atomic E-state index is 0.721. The number of fused-ring (bicyclic) bond motifs is 1. The third kappa shape index (κ3) is 3.83. The molecule has 3 rings (SSSR count). The molecule has 0 aliphatic rings. The van der Waals surface area contributed by atoms with Crippen molar-refractivity contribution in [2.24, 2.45) is 0 Å². The predicted octanol–water partition coefficient (Wildman–Crippen LogP) is 2.75. The Bertz CT molecular complexity index is 689. The van der Waals surface area contributed by atoms with E-state index in [0.717, 1.165) is 48.8 Å². The molecule has 0 radical (unpaired) electrons. The smallest absolute Gasteiger partial charge is 0.137 e. The van der Waals surface area contributed by atoms with E-state index in [9.17, 15) is 0 Å². The Morgan fingerprint density at radius 1 is 1.19 bits per heavy atom. The summed E-state index contributed by atoms with van der Waals surface area (Å²) in [5, 5.41) is 4.14. The number of hydrogen-bond acceptors (Lipinski definition) is 3. The molecule has 0 fully saturated rings. The van der Waals surface area contributed by atoms with Crippen molar-refractivity contribution in [3.63, 3.8) is 0 Å². The van der Waals surface area contributed by atoms with E-state index in [1.165, 1.54) is 0 Å². The first kappa shape index (κ1) is 14.1. The standard InChI is InChI=1S/C15H18ClN5/c16-13-3-4-15-19-14(11-21(15)10-13)9-17-5-1-2-7-20-8-6-18-12-20/h3-4,6,8,10-12,17H,1-2,5,7,9H2. The van der Waals surface area contributed by atoms with Crippen LogP contribution >= 0.6 is 11.6 Å². The van der Waals surface area contributed by atoms with Crippen molar-refractivity contribution in [3.05, 3.63) is 54.0 Å². The van der Waals surface area contributed by atoms with Gasteiger partial charge in [0.05, 0.1) is 17.0 Å². The number of halogens is 1. The summed E-state index contributed by atoms with van der Waals surface area (Å²) in [5.74, 6) is 0. The number of hydrogen-bond donors (Lipinski definition) is 1. The molecule has 3 aromatic rings. The maximum atomic E-state index is 5.96. The van der Waals surface area contributed by atoms with Gasteiger partial charge < -0.3 is 14.3 Å². The number of rotatable bonds is 7. The van der Waals surface area contributed by atoms with Crippen LogP contribution in [0.25, 0.3) is 5.65 Å². The molecule has 0 spiro atoms. The minimum Gasteiger partial charge on any atom is -0.337 e. The fourth-order valence-corrected chi connectivity index (χ4v) is 2.45. The zero-order valence-corrected chi connectivity index (χ0v) is 12.5. The van der Waals surface area contributed by atoms with Crippen LogP contribution in [-0.2, 0) is 13.1 Å². The monoisotopic (exact) mass is 303 g/mol. The molecule has 1 N–H and O–H groups in total. The third-order valence-corrected chi connectivity index (χ3v) is 3.57. The zero-order valence-electron chi connectivity index (χ0n) is 11.7. The van der Waals surface area contributed by atoms with Gasteiger partial charge in [0, 0.05) is 37.9 Å². The Balaban J connectivity index is 1.40. The lowest BCUT2D eigenvalue weighted by Gasteiger charge is -2.03. The van der Waals surface area contributed by atoms with Crippen molar-refractivity contribution in [2.45, 2.75) is 25.9 Å². The number of pyridine rings is 1. The van der Waals surface area contributed by atoms with Crippen molar-refractivity contribution in [3.8, 4) is 0 Å².